The van der Waals surface area contributed by atoms with Crippen molar-refractivity contribution >= 4 is 5.97 Å². The van der Waals surface area contributed by atoms with Crippen LogP contribution in [0.15, 0.2) is 24.3 Å². The van der Waals surface area contributed by atoms with Crippen molar-refractivity contribution in [1.82, 2.24) is 0 Å². The van der Waals surface area contributed by atoms with Crippen LogP contribution in [0.5, 0.6) is 11.5 Å². The van der Waals surface area contributed by atoms with Gasteiger partial charge in [-0.3, -0.25) is 0 Å². The Hall–Kier alpha value is -1.55. The van der Waals surface area contributed by atoms with E-state index in [2.05, 4.69) is 20.8 Å². The van der Waals surface area contributed by atoms with Crippen molar-refractivity contribution in [3.05, 3.63) is 24.3 Å². The van der Waals surface area contributed by atoms with E-state index in [1.165, 1.54) is 0 Å². The van der Waals surface area contributed by atoms with E-state index in [1.807, 2.05) is 0 Å². The molecule has 2 fully saturated rings. The van der Waals surface area contributed by atoms with Crippen molar-refractivity contribution in [2.24, 2.45) is 17.3 Å². The Labute approximate surface area is 144 Å². The van der Waals surface area contributed by atoms with Gasteiger partial charge in [0.1, 0.15) is 11.5 Å². The van der Waals surface area contributed by atoms with Crippen molar-refractivity contribution in [2.45, 2.75) is 52.1 Å². The lowest BCUT2D eigenvalue weighted by molar-refractivity contribution is -0.147. The summed E-state index contributed by atoms with van der Waals surface area (Å²) in [4.78, 5) is 12.8. The highest BCUT2D eigenvalue weighted by Crippen LogP contribution is 2.55. The average molecular weight is 332 g/mol. The molecule has 1 aromatic rings. The van der Waals surface area contributed by atoms with Crippen LogP contribution in [0.2, 0.25) is 0 Å². The molecule has 0 aromatic heterocycles. The van der Waals surface area contributed by atoms with Gasteiger partial charge in [0.25, 0.3) is 0 Å². The van der Waals surface area contributed by atoms with Crippen LogP contribution in [0.25, 0.3) is 0 Å². The van der Waals surface area contributed by atoms with Crippen LogP contribution >= 0.6 is 0 Å². The van der Waals surface area contributed by atoms with E-state index in [0.717, 1.165) is 37.4 Å². The molecule has 4 nitrogen and oxygen atoms in total. The summed E-state index contributed by atoms with van der Waals surface area (Å²) >= 11 is 0. The summed E-state index contributed by atoms with van der Waals surface area (Å²) < 4.78 is 16.5. The third-order valence-electron chi connectivity index (χ3n) is 6.08. The molecule has 1 aliphatic carbocycles. The van der Waals surface area contributed by atoms with Crippen LogP contribution < -0.4 is 9.47 Å². The molecule has 1 unspecified atom stereocenters. The van der Waals surface area contributed by atoms with Crippen molar-refractivity contribution < 1.29 is 19.0 Å². The largest absolute Gasteiger partial charge is 0.497 e. The molecule has 1 atom stereocenters. The third-order valence-corrected chi connectivity index (χ3v) is 6.08. The predicted octanol–water partition coefficient (Wildman–Crippen LogP) is 4.22. The highest BCUT2D eigenvalue weighted by molar-refractivity contribution is 5.85. The molecule has 0 spiro atoms. The second kappa shape index (κ2) is 6.40. The van der Waals surface area contributed by atoms with E-state index in [-0.39, 0.29) is 11.4 Å². The number of ether oxygens (including phenoxy) is 3. The number of rotatable bonds is 5. The van der Waals surface area contributed by atoms with Gasteiger partial charge in [-0.15, -0.1) is 0 Å². The molecule has 1 saturated heterocycles. The summed E-state index contributed by atoms with van der Waals surface area (Å²) in [5.41, 5.74) is -0.878. The summed E-state index contributed by atoms with van der Waals surface area (Å²) in [6, 6.07) is 7.09. The van der Waals surface area contributed by atoms with Crippen LogP contribution in [-0.2, 0) is 9.53 Å². The second-order valence-corrected chi connectivity index (χ2v) is 7.82. The van der Waals surface area contributed by atoms with Gasteiger partial charge in [-0.05, 0) is 61.8 Å². The van der Waals surface area contributed by atoms with E-state index in [1.54, 1.807) is 31.4 Å². The first-order valence-corrected chi connectivity index (χ1v) is 8.90. The molecule has 0 radical (unpaired) electrons. The lowest BCUT2D eigenvalue weighted by Gasteiger charge is -2.41. The number of benzene rings is 1. The zero-order valence-corrected chi connectivity index (χ0v) is 15.1. The van der Waals surface area contributed by atoms with Crippen LogP contribution in [0.4, 0.5) is 0 Å². The van der Waals surface area contributed by atoms with E-state index in [9.17, 15) is 4.79 Å². The summed E-state index contributed by atoms with van der Waals surface area (Å²) in [6.45, 7) is 7.24. The molecule has 132 valence electrons. The first-order chi connectivity index (χ1) is 11.4. The zero-order chi connectivity index (χ0) is 17.4. The van der Waals surface area contributed by atoms with Crippen LogP contribution in [0, 0.1) is 17.3 Å². The van der Waals surface area contributed by atoms with Crippen molar-refractivity contribution in [3.8, 4) is 11.5 Å². The fourth-order valence-corrected chi connectivity index (χ4v) is 3.97. The standard InChI is InChI=1S/C20H28O4/c1-14(2)15-9-11-19(3,12-10-15)20(13-23-20)18(21)24-17-7-5-16(22-4)6-8-17/h5-8,14-15H,9-13H2,1-4H3. The van der Waals surface area contributed by atoms with Gasteiger partial charge in [-0.1, -0.05) is 20.8 Å². The van der Waals surface area contributed by atoms with Crippen LogP contribution in [-0.4, -0.2) is 25.3 Å². The van der Waals surface area contributed by atoms with Gasteiger partial charge in [0.05, 0.1) is 13.7 Å². The van der Waals surface area contributed by atoms with E-state index >= 15 is 0 Å². The highest BCUT2D eigenvalue weighted by atomic mass is 16.6. The predicted molar refractivity (Wildman–Crippen MR) is 92.2 cm³/mol. The lowest BCUT2D eigenvalue weighted by Crippen LogP contribution is -2.47. The summed E-state index contributed by atoms with van der Waals surface area (Å²) in [7, 11) is 1.61. The Morgan fingerprint density at radius 3 is 2.17 bits per heavy atom. The number of epoxide rings is 1. The number of hydrogen-bond donors (Lipinski definition) is 0. The minimum atomic E-state index is -0.755. The topological polar surface area (TPSA) is 48.1 Å². The molecule has 1 heterocycles. The first kappa shape index (κ1) is 17.3. The molecule has 1 aromatic carbocycles. The quantitative estimate of drug-likeness (QED) is 0.460. The Kier molecular flexibility index (Phi) is 4.60. The number of methoxy groups -OCH3 is 1. The summed E-state index contributed by atoms with van der Waals surface area (Å²) in [6.07, 6.45) is 4.37. The first-order valence-electron chi connectivity index (χ1n) is 8.90. The Balaban J connectivity index is 1.67. The zero-order valence-electron chi connectivity index (χ0n) is 15.1. The fraction of sp³-hybridized carbons (Fsp3) is 0.650. The number of esters is 1. The number of hydrogen-bond acceptors (Lipinski definition) is 4. The molecule has 1 saturated carbocycles. The van der Waals surface area contributed by atoms with Crippen molar-refractivity contribution in [2.75, 3.05) is 13.7 Å². The van der Waals surface area contributed by atoms with Gasteiger partial charge in [0.15, 0.2) is 5.60 Å². The monoisotopic (exact) mass is 332 g/mol. The molecular formula is C20H28O4. The summed E-state index contributed by atoms with van der Waals surface area (Å²) in [5, 5.41) is 0. The highest BCUT2D eigenvalue weighted by Gasteiger charge is 2.66. The Bertz CT molecular complexity index is 578. The Morgan fingerprint density at radius 1 is 1.17 bits per heavy atom. The molecule has 1 aliphatic heterocycles. The van der Waals surface area contributed by atoms with E-state index < -0.39 is 5.60 Å². The molecule has 0 amide bonds. The maximum atomic E-state index is 12.8. The minimum absolute atomic E-state index is 0.123. The third kappa shape index (κ3) is 3.04. The van der Waals surface area contributed by atoms with Gasteiger partial charge in [-0.25, -0.2) is 4.79 Å². The van der Waals surface area contributed by atoms with Gasteiger partial charge in [0, 0.05) is 5.41 Å². The number of carbonyl (C=O) groups excluding carboxylic acids is 1. The van der Waals surface area contributed by atoms with Gasteiger partial charge < -0.3 is 14.2 Å². The van der Waals surface area contributed by atoms with Gasteiger partial charge in [0.2, 0.25) is 0 Å². The normalized spacial score (nSPS) is 32.5. The van der Waals surface area contributed by atoms with Crippen LogP contribution in [0.3, 0.4) is 0 Å². The number of carbonyl (C=O) groups is 1. The maximum Gasteiger partial charge on any atom is 0.346 e. The second-order valence-electron chi connectivity index (χ2n) is 7.82. The van der Waals surface area contributed by atoms with E-state index in [4.69, 9.17) is 14.2 Å². The van der Waals surface area contributed by atoms with E-state index in [0.29, 0.717) is 18.3 Å². The lowest BCUT2D eigenvalue weighted by atomic mass is 9.63. The molecule has 4 heteroatoms. The molecule has 0 bridgehead atoms. The minimum Gasteiger partial charge on any atom is -0.497 e. The molecular weight excluding hydrogens is 304 g/mol. The molecule has 24 heavy (non-hydrogen) atoms. The SMILES string of the molecule is COc1ccc(OC(=O)C2(C3(C)CCC(C(C)C)CC3)CO2)cc1. The molecule has 2 aliphatic rings. The van der Waals surface area contributed by atoms with Crippen molar-refractivity contribution in [1.29, 1.82) is 0 Å². The molecule has 0 N–H and O–H groups in total. The summed E-state index contributed by atoms with van der Waals surface area (Å²) in [5.74, 6) is 2.49. The van der Waals surface area contributed by atoms with Gasteiger partial charge >= 0.3 is 5.97 Å². The average Bonchev–Trinajstić information content (AvgIpc) is 3.38. The van der Waals surface area contributed by atoms with Crippen molar-refractivity contribution in [3.63, 3.8) is 0 Å². The smallest absolute Gasteiger partial charge is 0.346 e. The van der Waals surface area contributed by atoms with Gasteiger partial charge in [-0.2, -0.15) is 0 Å². The maximum absolute atomic E-state index is 12.8. The molecule has 3 rings (SSSR count). The van der Waals surface area contributed by atoms with Crippen LogP contribution in [0.1, 0.15) is 46.5 Å². The Morgan fingerprint density at radius 2 is 1.71 bits per heavy atom. The fourth-order valence-electron chi connectivity index (χ4n) is 3.97.